The van der Waals surface area contributed by atoms with Crippen molar-refractivity contribution in [2.75, 3.05) is 11.5 Å². The monoisotopic (exact) mass is 436 g/mol. The Morgan fingerprint density at radius 2 is 1.81 bits per heavy atom. The second kappa shape index (κ2) is 9.21. The van der Waals surface area contributed by atoms with Crippen molar-refractivity contribution < 1.29 is 24.0 Å². The number of carbonyl (C=O) groups excluding carboxylic acids is 2. The highest BCUT2D eigenvalue weighted by atomic mass is 16.6. The number of benzene rings is 2. The quantitative estimate of drug-likeness (QED) is 0.377. The van der Waals surface area contributed by atoms with E-state index in [0.717, 1.165) is 11.1 Å². The molecule has 1 fully saturated rings. The third-order valence-electron chi connectivity index (χ3n) is 5.93. The van der Waals surface area contributed by atoms with Crippen LogP contribution in [-0.4, -0.2) is 29.6 Å². The van der Waals surface area contributed by atoms with E-state index in [2.05, 4.69) is 0 Å². The average molecular weight is 436 g/mol. The number of nitrogens with zero attached hydrogens (tertiary/aromatic N) is 2. The fraction of sp³-hybridized carbons (Fsp3) is 0.333. The number of para-hydroxylation sites is 1. The summed E-state index contributed by atoms with van der Waals surface area (Å²) in [4.78, 5) is 38.1. The molecule has 1 heterocycles. The van der Waals surface area contributed by atoms with Gasteiger partial charge < -0.3 is 9.47 Å². The van der Waals surface area contributed by atoms with Crippen molar-refractivity contribution in [3.8, 4) is 0 Å². The zero-order valence-electron chi connectivity index (χ0n) is 17.7. The normalized spacial score (nSPS) is 21.2. The van der Waals surface area contributed by atoms with E-state index in [0.29, 0.717) is 17.7 Å². The minimum absolute atomic E-state index is 0.0338. The Balaban J connectivity index is 1.62. The fourth-order valence-corrected chi connectivity index (χ4v) is 4.62. The summed E-state index contributed by atoms with van der Waals surface area (Å²) < 4.78 is 10.5. The molecule has 2 aromatic rings. The molecule has 3 atom stereocenters. The molecule has 0 unspecified atom stereocenters. The number of nitro groups is 1. The first-order chi connectivity index (χ1) is 15.5. The smallest absolute Gasteiger partial charge is 0.418 e. The highest BCUT2D eigenvalue weighted by molar-refractivity contribution is 5.92. The number of hydrogen-bond acceptors (Lipinski definition) is 6. The summed E-state index contributed by atoms with van der Waals surface area (Å²) in [5.74, 6) is -1.46. The maximum atomic E-state index is 12.9. The van der Waals surface area contributed by atoms with Crippen LogP contribution in [0.3, 0.4) is 0 Å². The lowest BCUT2D eigenvalue weighted by Gasteiger charge is -2.30. The Labute approximate surface area is 185 Å². The number of ether oxygens (including phenoxy) is 2. The van der Waals surface area contributed by atoms with Crippen molar-refractivity contribution in [3.05, 3.63) is 87.6 Å². The molecule has 4 rings (SSSR count). The molecule has 0 saturated heterocycles. The molecule has 2 aromatic carbocycles. The van der Waals surface area contributed by atoms with Gasteiger partial charge in [0.25, 0.3) is 0 Å². The van der Waals surface area contributed by atoms with Crippen molar-refractivity contribution in [3.63, 3.8) is 0 Å². The van der Waals surface area contributed by atoms with Gasteiger partial charge in [-0.25, -0.2) is 4.79 Å². The molecule has 1 aliphatic carbocycles. The number of rotatable bonds is 6. The van der Waals surface area contributed by atoms with Gasteiger partial charge in [-0.15, -0.1) is 0 Å². The highest BCUT2D eigenvalue weighted by Crippen LogP contribution is 2.51. The maximum Gasteiger partial charge on any atom is 0.418 e. The van der Waals surface area contributed by atoms with Crippen LogP contribution in [0.4, 0.5) is 10.5 Å². The zero-order chi connectivity index (χ0) is 22.7. The number of fused-ring (bicyclic) bond motifs is 3. The lowest BCUT2D eigenvalue weighted by Crippen LogP contribution is -2.35. The van der Waals surface area contributed by atoms with Gasteiger partial charge in [0.15, 0.2) is 0 Å². The van der Waals surface area contributed by atoms with Crippen molar-refractivity contribution in [2.45, 2.75) is 38.3 Å². The summed E-state index contributed by atoms with van der Waals surface area (Å²) in [7, 11) is 0. The van der Waals surface area contributed by atoms with Gasteiger partial charge in [-0.05, 0) is 36.1 Å². The van der Waals surface area contributed by atoms with Crippen molar-refractivity contribution in [2.24, 2.45) is 5.92 Å². The van der Waals surface area contributed by atoms with E-state index in [1.807, 2.05) is 30.3 Å². The minimum Gasteiger partial charge on any atom is -0.466 e. The second-order valence-electron chi connectivity index (χ2n) is 7.90. The summed E-state index contributed by atoms with van der Waals surface area (Å²) in [5, 5.41) is 12.0. The van der Waals surface area contributed by atoms with Crippen LogP contribution >= 0.6 is 0 Å². The molecule has 8 heteroatoms. The third-order valence-corrected chi connectivity index (χ3v) is 5.93. The summed E-state index contributed by atoms with van der Waals surface area (Å²) in [6.07, 6.45) is 1.39. The topological polar surface area (TPSA) is 99.0 Å². The molecule has 0 bridgehead atoms. The molecular weight excluding hydrogens is 412 g/mol. The molecule has 1 amide bonds. The summed E-state index contributed by atoms with van der Waals surface area (Å²) in [6.45, 7) is 2.05. The zero-order valence-corrected chi connectivity index (χ0v) is 17.7. The molecule has 0 N–H and O–H groups in total. The summed E-state index contributed by atoms with van der Waals surface area (Å²) in [6, 6.07) is 15.5. The van der Waals surface area contributed by atoms with E-state index in [1.165, 1.54) is 4.90 Å². The maximum absolute atomic E-state index is 12.9. The van der Waals surface area contributed by atoms with Gasteiger partial charge in [0, 0.05) is 17.0 Å². The highest BCUT2D eigenvalue weighted by Gasteiger charge is 2.52. The average Bonchev–Trinajstić information content (AvgIpc) is 3.16. The Hall–Kier alpha value is -3.68. The number of esters is 1. The lowest BCUT2D eigenvalue weighted by atomic mass is 9.86. The molecule has 32 heavy (non-hydrogen) atoms. The molecule has 8 nitrogen and oxygen atoms in total. The van der Waals surface area contributed by atoms with Gasteiger partial charge >= 0.3 is 12.1 Å². The standard InChI is InChI=1S/C24H24N2O6/c1-2-31-21(27)13-17-12-18-14-25(24(28)32-15-16-8-4-3-5-9-16)20-11-7-6-10-19(20)22(18)23(17)26(29)30/h3-11,14,17,22-23H,2,12-13,15H2,1H3/t17-,22+,23+/m1/s1. The first kappa shape index (κ1) is 21.5. The van der Waals surface area contributed by atoms with Crippen molar-refractivity contribution >= 4 is 17.7 Å². The number of amides is 1. The van der Waals surface area contributed by atoms with Gasteiger partial charge in [0.1, 0.15) is 6.61 Å². The minimum atomic E-state index is -0.964. The molecule has 0 spiro atoms. The fourth-order valence-electron chi connectivity index (χ4n) is 4.62. The van der Waals surface area contributed by atoms with Crippen molar-refractivity contribution in [1.82, 2.24) is 0 Å². The number of hydrogen-bond donors (Lipinski definition) is 0. The van der Waals surface area contributed by atoms with Gasteiger partial charge in [0.2, 0.25) is 6.04 Å². The van der Waals surface area contributed by atoms with E-state index in [4.69, 9.17) is 9.47 Å². The Kier molecular flexibility index (Phi) is 6.20. The predicted octanol–water partition coefficient (Wildman–Crippen LogP) is 4.43. The van der Waals surface area contributed by atoms with Crippen molar-refractivity contribution in [1.29, 1.82) is 0 Å². The Bertz CT molecular complexity index is 1050. The molecule has 0 radical (unpaired) electrons. The van der Waals surface area contributed by atoms with Crippen LogP contribution in [0.5, 0.6) is 0 Å². The van der Waals surface area contributed by atoms with Gasteiger partial charge in [0.05, 0.1) is 24.6 Å². The number of carbonyl (C=O) groups is 2. The Morgan fingerprint density at radius 3 is 2.53 bits per heavy atom. The van der Waals surface area contributed by atoms with Gasteiger partial charge in [-0.1, -0.05) is 48.5 Å². The van der Waals surface area contributed by atoms with E-state index < -0.39 is 29.9 Å². The van der Waals surface area contributed by atoms with Crippen LogP contribution < -0.4 is 4.90 Å². The lowest BCUT2D eigenvalue weighted by molar-refractivity contribution is -0.531. The van der Waals surface area contributed by atoms with E-state index in [9.17, 15) is 19.7 Å². The molecule has 1 aliphatic heterocycles. The van der Waals surface area contributed by atoms with Gasteiger partial charge in [-0.2, -0.15) is 0 Å². The molecule has 0 aromatic heterocycles. The molecule has 166 valence electrons. The van der Waals surface area contributed by atoms with Crippen LogP contribution in [0.25, 0.3) is 0 Å². The molecular formula is C24H24N2O6. The summed E-state index contributed by atoms with van der Waals surface area (Å²) in [5.41, 5.74) is 2.86. The van der Waals surface area contributed by atoms with Crippen LogP contribution in [0, 0.1) is 16.0 Å². The Morgan fingerprint density at radius 1 is 1.09 bits per heavy atom. The van der Waals surface area contributed by atoms with E-state index >= 15 is 0 Å². The summed E-state index contributed by atoms with van der Waals surface area (Å²) >= 11 is 0. The first-order valence-corrected chi connectivity index (χ1v) is 10.6. The van der Waals surface area contributed by atoms with Crippen LogP contribution in [0.15, 0.2) is 66.4 Å². The molecule has 1 saturated carbocycles. The molecule has 2 aliphatic rings. The van der Waals surface area contributed by atoms with Crippen LogP contribution in [-0.2, 0) is 20.9 Å². The van der Waals surface area contributed by atoms with Gasteiger partial charge in [-0.3, -0.25) is 19.8 Å². The van der Waals surface area contributed by atoms with E-state index in [1.54, 1.807) is 37.4 Å². The predicted molar refractivity (Wildman–Crippen MR) is 117 cm³/mol. The van der Waals surface area contributed by atoms with Crippen LogP contribution in [0.1, 0.15) is 36.8 Å². The van der Waals surface area contributed by atoms with E-state index in [-0.39, 0.29) is 24.6 Å². The first-order valence-electron chi connectivity index (χ1n) is 10.6. The van der Waals surface area contributed by atoms with Crippen LogP contribution in [0.2, 0.25) is 0 Å². The largest absolute Gasteiger partial charge is 0.466 e. The second-order valence-corrected chi connectivity index (χ2v) is 7.90. The third kappa shape index (κ3) is 4.21. The number of anilines is 1. The SMILES string of the molecule is CCOC(=O)C[C@H]1CC2=CN(C(=O)OCc3ccccc3)c3ccccc3[C@H]2[C@H]1[N+](=O)[O-].